The molecule has 0 saturated heterocycles. The number of nitrogens with one attached hydrogen (secondary N) is 2. The Hall–Kier alpha value is -1.60. The Labute approximate surface area is 109 Å². The number of urea groups is 1. The molecule has 0 fully saturated rings. The molecule has 0 bridgehead atoms. The molecule has 1 rings (SSSR count). The van der Waals surface area contributed by atoms with E-state index in [0.29, 0.717) is 6.54 Å². The Morgan fingerprint density at radius 1 is 1.39 bits per heavy atom. The Bertz CT molecular complexity index is 442. The van der Waals surface area contributed by atoms with Gasteiger partial charge >= 0.3 is 12.0 Å². The summed E-state index contributed by atoms with van der Waals surface area (Å²) in [5.41, 5.74) is 0.147. The highest BCUT2D eigenvalue weighted by molar-refractivity contribution is 7.08. The van der Waals surface area contributed by atoms with Gasteiger partial charge in [-0.2, -0.15) is 11.3 Å². The Morgan fingerprint density at radius 2 is 2.06 bits per heavy atom. The van der Waals surface area contributed by atoms with Crippen LogP contribution in [0.1, 0.15) is 18.1 Å². The number of hydrogen-bond acceptors (Lipinski definition) is 4. The monoisotopic (exact) mass is 272 g/mol. The molecule has 6 nitrogen and oxygen atoms in total. The average Bonchev–Trinajstić information content (AvgIpc) is 2.69. The molecule has 0 aromatic carbocycles. The number of aryl methyl sites for hydroxylation is 1. The van der Waals surface area contributed by atoms with E-state index in [2.05, 4.69) is 10.6 Å². The highest BCUT2D eigenvalue weighted by atomic mass is 32.1. The van der Waals surface area contributed by atoms with E-state index < -0.39 is 17.6 Å². The first kappa shape index (κ1) is 14.5. The molecule has 0 saturated carbocycles. The molecular weight excluding hydrogens is 256 g/mol. The van der Waals surface area contributed by atoms with E-state index in [4.69, 9.17) is 5.11 Å². The largest absolute Gasteiger partial charge is 0.479 e. The van der Waals surface area contributed by atoms with E-state index in [0.717, 1.165) is 18.1 Å². The van der Waals surface area contributed by atoms with Crippen molar-refractivity contribution in [3.63, 3.8) is 0 Å². The fourth-order valence-corrected chi connectivity index (χ4v) is 1.99. The molecule has 0 aliphatic carbocycles. The van der Waals surface area contributed by atoms with Crippen molar-refractivity contribution in [1.29, 1.82) is 0 Å². The van der Waals surface area contributed by atoms with Crippen molar-refractivity contribution in [1.82, 2.24) is 10.6 Å². The van der Waals surface area contributed by atoms with Crippen LogP contribution in [-0.2, 0) is 11.3 Å². The summed E-state index contributed by atoms with van der Waals surface area (Å²) in [7, 11) is 0. The topological polar surface area (TPSA) is 98.7 Å². The van der Waals surface area contributed by atoms with E-state index in [1.807, 2.05) is 17.7 Å². The van der Waals surface area contributed by atoms with Gasteiger partial charge in [-0.1, -0.05) is 0 Å². The summed E-state index contributed by atoms with van der Waals surface area (Å²) < 4.78 is 0. The number of aliphatic carboxylic acids is 1. The smallest absolute Gasteiger partial charge is 0.337 e. The summed E-state index contributed by atoms with van der Waals surface area (Å²) in [6.45, 7) is 3.09. The lowest BCUT2D eigenvalue weighted by atomic mass is 10.1. The van der Waals surface area contributed by atoms with E-state index in [-0.39, 0.29) is 6.54 Å². The first-order valence-electron chi connectivity index (χ1n) is 5.32. The first-order valence-corrected chi connectivity index (χ1v) is 6.26. The third kappa shape index (κ3) is 4.01. The molecule has 1 heterocycles. The van der Waals surface area contributed by atoms with Gasteiger partial charge in [0.05, 0.1) is 6.54 Å². The molecular formula is C11H16N2O4S. The highest BCUT2D eigenvalue weighted by Gasteiger charge is 2.30. The summed E-state index contributed by atoms with van der Waals surface area (Å²) in [6, 6.07) is -0.512. The van der Waals surface area contributed by atoms with Crippen molar-refractivity contribution in [2.24, 2.45) is 0 Å². The molecule has 0 aliphatic heterocycles. The number of carbonyl (C=O) groups excluding carboxylic acids is 1. The summed E-state index contributed by atoms with van der Waals surface area (Å²) in [6.07, 6.45) is 0. The van der Waals surface area contributed by atoms with Crippen molar-refractivity contribution >= 4 is 23.3 Å². The quantitative estimate of drug-likeness (QED) is 0.634. The maximum atomic E-state index is 11.4. The van der Waals surface area contributed by atoms with E-state index in [9.17, 15) is 14.7 Å². The van der Waals surface area contributed by atoms with E-state index in [1.54, 1.807) is 11.3 Å². The van der Waals surface area contributed by atoms with Crippen molar-refractivity contribution < 1.29 is 19.8 Å². The molecule has 1 unspecified atom stereocenters. The van der Waals surface area contributed by atoms with Gasteiger partial charge in [0, 0.05) is 6.54 Å². The minimum absolute atomic E-state index is 0.350. The molecule has 18 heavy (non-hydrogen) atoms. The molecule has 100 valence electrons. The third-order valence-electron chi connectivity index (χ3n) is 2.45. The number of rotatable bonds is 5. The lowest BCUT2D eigenvalue weighted by Gasteiger charge is -2.18. The van der Waals surface area contributed by atoms with Crippen molar-refractivity contribution in [3.8, 4) is 0 Å². The van der Waals surface area contributed by atoms with Gasteiger partial charge in [0.1, 0.15) is 0 Å². The molecule has 2 amide bonds. The second kappa shape index (κ2) is 5.83. The van der Waals surface area contributed by atoms with Crippen LogP contribution in [0.2, 0.25) is 0 Å². The van der Waals surface area contributed by atoms with E-state index >= 15 is 0 Å². The van der Waals surface area contributed by atoms with Crippen molar-refractivity contribution in [2.75, 3.05) is 6.54 Å². The van der Waals surface area contributed by atoms with Gasteiger partial charge in [0.2, 0.25) is 0 Å². The first-order chi connectivity index (χ1) is 8.33. The van der Waals surface area contributed by atoms with Gasteiger partial charge in [0.15, 0.2) is 5.60 Å². The number of amides is 2. The molecule has 0 radical (unpaired) electrons. The van der Waals surface area contributed by atoms with Crippen LogP contribution in [0.25, 0.3) is 0 Å². The van der Waals surface area contributed by atoms with Gasteiger partial charge < -0.3 is 20.8 Å². The number of carboxylic acid groups (broad SMARTS) is 1. The standard InChI is InChI=1S/C11H16N2O4S/c1-7-4-18-5-8(7)3-12-10(16)13-6-11(2,17)9(14)15/h4-5,17H,3,6H2,1-2H3,(H,14,15)(H2,12,13,16). The summed E-state index contributed by atoms with van der Waals surface area (Å²) >= 11 is 1.55. The van der Waals surface area contributed by atoms with Gasteiger partial charge in [-0.15, -0.1) is 0 Å². The highest BCUT2D eigenvalue weighted by Crippen LogP contribution is 2.12. The average molecular weight is 272 g/mol. The minimum atomic E-state index is -1.96. The fourth-order valence-electron chi connectivity index (χ4n) is 1.13. The molecule has 0 spiro atoms. The lowest BCUT2D eigenvalue weighted by Crippen LogP contribution is -2.49. The van der Waals surface area contributed by atoms with Gasteiger partial charge in [-0.3, -0.25) is 0 Å². The Balaban J connectivity index is 2.35. The maximum Gasteiger partial charge on any atom is 0.337 e. The number of carboxylic acids is 1. The van der Waals surface area contributed by atoms with Crippen LogP contribution in [0.4, 0.5) is 4.79 Å². The van der Waals surface area contributed by atoms with Crippen LogP contribution in [0.15, 0.2) is 10.8 Å². The van der Waals surface area contributed by atoms with Gasteiger partial charge in [0.25, 0.3) is 0 Å². The molecule has 0 aliphatic rings. The summed E-state index contributed by atoms with van der Waals surface area (Å²) in [4.78, 5) is 22.0. The normalized spacial score (nSPS) is 13.7. The zero-order valence-electron chi connectivity index (χ0n) is 10.2. The van der Waals surface area contributed by atoms with Crippen LogP contribution < -0.4 is 10.6 Å². The summed E-state index contributed by atoms with van der Waals surface area (Å²) in [5.74, 6) is -1.38. The fraction of sp³-hybridized carbons (Fsp3) is 0.455. The predicted octanol–water partition coefficient (Wildman–Crippen LogP) is 0.691. The zero-order chi connectivity index (χ0) is 13.8. The number of hydrogen-bond donors (Lipinski definition) is 4. The molecule has 4 N–H and O–H groups in total. The minimum Gasteiger partial charge on any atom is -0.479 e. The Morgan fingerprint density at radius 3 is 2.56 bits per heavy atom. The van der Waals surface area contributed by atoms with Crippen LogP contribution in [0, 0.1) is 6.92 Å². The van der Waals surface area contributed by atoms with Gasteiger partial charge in [-0.25, -0.2) is 9.59 Å². The molecule has 1 aromatic heterocycles. The maximum absolute atomic E-state index is 11.4. The number of aliphatic hydroxyl groups is 1. The van der Waals surface area contributed by atoms with Crippen LogP contribution in [0.3, 0.4) is 0 Å². The Kier molecular flexibility index (Phi) is 4.69. The SMILES string of the molecule is Cc1cscc1CNC(=O)NCC(C)(O)C(=O)O. The number of carbonyl (C=O) groups is 2. The molecule has 7 heteroatoms. The third-order valence-corrected chi connectivity index (χ3v) is 3.37. The van der Waals surface area contributed by atoms with Crippen molar-refractivity contribution in [3.05, 3.63) is 21.9 Å². The van der Waals surface area contributed by atoms with Crippen LogP contribution in [0.5, 0.6) is 0 Å². The zero-order valence-corrected chi connectivity index (χ0v) is 11.0. The van der Waals surface area contributed by atoms with Crippen molar-refractivity contribution in [2.45, 2.75) is 26.0 Å². The predicted molar refractivity (Wildman–Crippen MR) is 67.6 cm³/mol. The lowest BCUT2D eigenvalue weighted by molar-refractivity contribution is -0.155. The molecule has 1 atom stereocenters. The van der Waals surface area contributed by atoms with Crippen LogP contribution in [-0.4, -0.2) is 34.4 Å². The number of thiophene rings is 1. The van der Waals surface area contributed by atoms with Gasteiger partial charge in [-0.05, 0) is 35.7 Å². The van der Waals surface area contributed by atoms with E-state index in [1.165, 1.54) is 0 Å². The second-order valence-electron chi connectivity index (χ2n) is 4.20. The summed E-state index contributed by atoms with van der Waals surface area (Å²) in [5, 5.41) is 26.9. The second-order valence-corrected chi connectivity index (χ2v) is 4.94. The molecule has 1 aromatic rings. The van der Waals surface area contributed by atoms with Crippen LogP contribution >= 0.6 is 11.3 Å².